The maximum Gasteiger partial charge on any atom is 0.334 e. The molecule has 2 heterocycles. The third kappa shape index (κ3) is 15.6. The number of nitrogens with zero attached hydrogens (tertiary/aromatic N) is 2. The number of carbonyl (C=O) groups excluding carboxylic acids is 3. The molecule has 1 fully saturated rings. The summed E-state index contributed by atoms with van der Waals surface area (Å²) in [5, 5.41) is 20.8. The van der Waals surface area contributed by atoms with E-state index in [1.807, 2.05) is 13.0 Å². The number of unbranched alkanes of at least 4 members (excludes halogenated alkanes) is 16. The predicted octanol–water partition coefficient (Wildman–Crippen LogP) is 6.46. The Kier molecular flexibility index (Phi) is 19.5. The summed E-state index contributed by atoms with van der Waals surface area (Å²) < 4.78 is 5.13. The Morgan fingerprint density at radius 3 is 1.44 bits per heavy atom. The van der Waals surface area contributed by atoms with Gasteiger partial charge in [-0.1, -0.05) is 116 Å². The van der Waals surface area contributed by atoms with Crippen molar-refractivity contribution in [3.05, 3.63) is 11.6 Å². The Morgan fingerprint density at radius 2 is 1.07 bits per heavy atom. The summed E-state index contributed by atoms with van der Waals surface area (Å²) in [6, 6.07) is 0. The first-order valence-corrected chi connectivity index (χ1v) is 17.7. The Labute approximate surface area is 261 Å². The molecule has 0 aromatic rings. The maximum absolute atomic E-state index is 12.7. The number of piperazine rings is 1. The van der Waals surface area contributed by atoms with Crippen LogP contribution in [-0.4, -0.2) is 82.3 Å². The highest BCUT2D eigenvalue weighted by Crippen LogP contribution is 2.20. The van der Waals surface area contributed by atoms with Gasteiger partial charge in [0.1, 0.15) is 18.3 Å². The van der Waals surface area contributed by atoms with Gasteiger partial charge in [0.25, 0.3) is 11.8 Å². The molecule has 0 aromatic heterocycles. The monoisotopic (exact) mass is 606 g/mol. The van der Waals surface area contributed by atoms with Crippen molar-refractivity contribution in [1.82, 2.24) is 9.80 Å². The summed E-state index contributed by atoms with van der Waals surface area (Å²) in [6.45, 7) is 5.77. The number of rotatable bonds is 24. The van der Waals surface area contributed by atoms with Crippen molar-refractivity contribution < 1.29 is 29.3 Å². The number of aliphatic hydroxyl groups excluding tert-OH is 2. The predicted molar refractivity (Wildman–Crippen MR) is 171 cm³/mol. The molecule has 2 N–H and O–H groups in total. The zero-order valence-corrected chi connectivity index (χ0v) is 27.4. The fraction of sp³-hybridized carbons (Fsp3) is 0.857. The smallest absolute Gasteiger partial charge is 0.334 e. The maximum atomic E-state index is 12.7. The molecule has 248 valence electrons. The van der Waals surface area contributed by atoms with E-state index in [2.05, 4.69) is 6.92 Å². The Balaban J connectivity index is 1.42. The fourth-order valence-corrected chi connectivity index (χ4v) is 6.17. The molecule has 0 unspecified atom stereocenters. The highest BCUT2D eigenvalue weighted by Gasteiger charge is 2.30. The van der Waals surface area contributed by atoms with E-state index in [-0.39, 0.29) is 23.9 Å². The Bertz CT molecular complexity index is 823. The van der Waals surface area contributed by atoms with Gasteiger partial charge in [-0.3, -0.25) is 9.59 Å². The van der Waals surface area contributed by atoms with E-state index < -0.39 is 12.2 Å². The molecule has 0 saturated carbocycles. The molecular weight excluding hydrogens is 544 g/mol. The average Bonchev–Trinajstić information content (AvgIpc) is 3.34. The molecule has 8 nitrogen and oxygen atoms in total. The topological polar surface area (TPSA) is 107 Å². The van der Waals surface area contributed by atoms with Crippen LogP contribution in [0.1, 0.15) is 149 Å². The number of hydrogen-bond acceptors (Lipinski definition) is 6. The van der Waals surface area contributed by atoms with E-state index >= 15 is 0 Å². The summed E-state index contributed by atoms with van der Waals surface area (Å²) >= 11 is 0. The zero-order valence-electron chi connectivity index (χ0n) is 27.4. The molecule has 0 aliphatic carbocycles. The largest absolute Gasteiger partial charge is 0.455 e. The molecule has 2 amide bonds. The fourth-order valence-electron chi connectivity index (χ4n) is 6.17. The van der Waals surface area contributed by atoms with Crippen LogP contribution in [-0.2, 0) is 19.1 Å². The van der Waals surface area contributed by atoms with Gasteiger partial charge in [0, 0.05) is 31.8 Å². The average molecular weight is 607 g/mol. The molecule has 2 rings (SSSR count). The van der Waals surface area contributed by atoms with Crippen LogP contribution in [0.3, 0.4) is 0 Å². The summed E-state index contributed by atoms with van der Waals surface area (Å²) in [5.41, 5.74) is 0.842. The second-order valence-corrected chi connectivity index (χ2v) is 12.8. The first kappa shape index (κ1) is 37.3. The van der Waals surface area contributed by atoms with Crippen LogP contribution in [0.2, 0.25) is 0 Å². The SMILES string of the molecule is CCCCCCCCCC[C@H](O)C(=O)N1CCN(C(=O)[C@@H](O)CCCCCCCCCCCCC2=C[C@H](C)OC2=O)CC1. The van der Waals surface area contributed by atoms with Crippen molar-refractivity contribution in [1.29, 1.82) is 0 Å². The first-order chi connectivity index (χ1) is 20.8. The van der Waals surface area contributed by atoms with Crippen molar-refractivity contribution in [3.63, 3.8) is 0 Å². The van der Waals surface area contributed by atoms with Gasteiger partial charge in [0.05, 0.1) is 0 Å². The highest BCUT2D eigenvalue weighted by molar-refractivity contribution is 5.90. The van der Waals surface area contributed by atoms with E-state index in [1.165, 1.54) is 64.2 Å². The number of hydrogen-bond donors (Lipinski definition) is 2. The van der Waals surface area contributed by atoms with Crippen molar-refractivity contribution in [3.8, 4) is 0 Å². The molecule has 1 saturated heterocycles. The molecule has 3 atom stereocenters. The molecule has 0 aromatic carbocycles. The van der Waals surface area contributed by atoms with Crippen LogP contribution in [0.15, 0.2) is 11.6 Å². The van der Waals surface area contributed by atoms with Gasteiger partial charge in [-0.05, 0) is 38.7 Å². The Hall–Kier alpha value is -1.93. The third-order valence-electron chi connectivity index (χ3n) is 8.97. The quantitative estimate of drug-likeness (QED) is 0.0964. The summed E-state index contributed by atoms with van der Waals surface area (Å²) in [7, 11) is 0. The van der Waals surface area contributed by atoms with Crippen molar-refractivity contribution in [2.75, 3.05) is 26.2 Å². The number of aliphatic hydroxyl groups is 2. The number of carbonyl (C=O) groups is 3. The van der Waals surface area contributed by atoms with Gasteiger partial charge in [0.2, 0.25) is 0 Å². The number of amides is 2. The van der Waals surface area contributed by atoms with Gasteiger partial charge in [-0.15, -0.1) is 0 Å². The summed E-state index contributed by atoms with van der Waals surface area (Å²) in [4.78, 5) is 40.3. The van der Waals surface area contributed by atoms with Crippen molar-refractivity contribution in [2.45, 2.75) is 167 Å². The lowest BCUT2D eigenvalue weighted by molar-refractivity contribution is -0.149. The third-order valence-corrected chi connectivity index (χ3v) is 8.97. The number of ether oxygens (including phenoxy) is 1. The minimum atomic E-state index is -0.972. The molecule has 2 aliphatic rings. The molecular formula is C35H62N2O6. The molecule has 8 heteroatoms. The Morgan fingerprint density at radius 1 is 0.698 bits per heavy atom. The van der Waals surface area contributed by atoms with Crippen molar-refractivity contribution >= 4 is 17.8 Å². The van der Waals surface area contributed by atoms with Gasteiger partial charge in [0.15, 0.2) is 0 Å². The lowest BCUT2D eigenvalue weighted by Gasteiger charge is -2.36. The van der Waals surface area contributed by atoms with E-state index in [9.17, 15) is 24.6 Å². The summed E-state index contributed by atoms with van der Waals surface area (Å²) in [6.07, 6.45) is 22.4. The van der Waals surface area contributed by atoms with Crippen LogP contribution in [0, 0.1) is 0 Å². The second kappa shape index (κ2) is 22.6. The van der Waals surface area contributed by atoms with Gasteiger partial charge < -0.3 is 24.7 Å². The van der Waals surface area contributed by atoms with Crippen LogP contribution >= 0.6 is 0 Å². The van der Waals surface area contributed by atoms with Gasteiger partial charge in [-0.2, -0.15) is 0 Å². The van der Waals surface area contributed by atoms with Gasteiger partial charge in [-0.25, -0.2) is 4.79 Å². The van der Waals surface area contributed by atoms with E-state index in [1.54, 1.807) is 9.80 Å². The standard InChI is InChI=1S/C35H62N2O6/c1-3-4-5-6-7-13-16-19-22-31(38)33(40)36-24-26-37(27-25-36)34(41)32(39)23-20-17-14-11-9-8-10-12-15-18-21-30-28-29(2)43-35(30)42/h28-29,31-32,38-39H,3-27H2,1-2H3/t29-,31-,32-/m0/s1. The second-order valence-electron chi connectivity index (χ2n) is 12.8. The van der Waals surface area contributed by atoms with Crippen LogP contribution < -0.4 is 0 Å². The van der Waals surface area contributed by atoms with E-state index in [4.69, 9.17) is 4.74 Å². The minimum Gasteiger partial charge on any atom is -0.455 e. The van der Waals surface area contributed by atoms with Crippen LogP contribution in [0.4, 0.5) is 0 Å². The van der Waals surface area contributed by atoms with Crippen molar-refractivity contribution in [2.24, 2.45) is 0 Å². The number of esters is 1. The molecule has 43 heavy (non-hydrogen) atoms. The highest BCUT2D eigenvalue weighted by atomic mass is 16.5. The molecule has 0 radical (unpaired) electrons. The zero-order chi connectivity index (χ0) is 31.3. The van der Waals surface area contributed by atoms with Crippen LogP contribution in [0.25, 0.3) is 0 Å². The molecule has 0 bridgehead atoms. The van der Waals surface area contributed by atoms with E-state index in [0.717, 1.165) is 63.4 Å². The normalized spacial score (nSPS) is 18.5. The molecule has 0 spiro atoms. The lowest BCUT2D eigenvalue weighted by Crippen LogP contribution is -2.54. The van der Waals surface area contributed by atoms with Crippen LogP contribution in [0.5, 0.6) is 0 Å². The minimum absolute atomic E-state index is 0.0687. The lowest BCUT2D eigenvalue weighted by atomic mass is 10.0. The van der Waals surface area contributed by atoms with Gasteiger partial charge >= 0.3 is 5.97 Å². The number of cyclic esters (lactones) is 1. The summed E-state index contributed by atoms with van der Waals surface area (Å²) in [5.74, 6) is -0.602. The van der Waals surface area contributed by atoms with E-state index in [0.29, 0.717) is 39.0 Å². The first-order valence-electron chi connectivity index (χ1n) is 17.7. The molecule has 2 aliphatic heterocycles.